The number of guanidine groups is 1. The van der Waals surface area contributed by atoms with Crippen LogP contribution in [-0.4, -0.2) is 5.96 Å². The summed E-state index contributed by atoms with van der Waals surface area (Å²) in [4.78, 5) is 3.99. The van der Waals surface area contributed by atoms with Crippen molar-refractivity contribution in [2.24, 2.45) is 16.5 Å². The molecule has 0 bridgehead atoms. The van der Waals surface area contributed by atoms with E-state index >= 15 is 0 Å². The van der Waals surface area contributed by atoms with Crippen molar-refractivity contribution >= 4 is 5.96 Å². The van der Waals surface area contributed by atoms with Gasteiger partial charge in [0.1, 0.15) is 12.4 Å². The number of aliphatic imine (C=N–C) groups is 1. The third-order valence-corrected chi connectivity index (χ3v) is 2.58. The highest BCUT2D eigenvalue weighted by Crippen LogP contribution is 2.13. The van der Waals surface area contributed by atoms with Gasteiger partial charge in [-0.2, -0.15) is 0 Å². The highest BCUT2D eigenvalue weighted by Gasteiger charge is 1.98. The molecule has 0 fully saturated rings. The number of rotatable bonds is 5. The zero-order chi connectivity index (χ0) is 13.5. The van der Waals surface area contributed by atoms with Gasteiger partial charge in [0.2, 0.25) is 0 Å². The van der Waals surface area contributed by atoms with Crippen molar-refractivity contribution in [2.75, 3.05) is 0 Å². The molecule has 4 N–H and O–H groups in total. The predicted molar refractivity (Wildman–Crippen MR) is 76.7 cm³/mol. The summed E-state index contributed by atoms with van der Waals surface area (Å²) in [5.41, 5.74) is 12.8. The molecule has 4 heteroatoms. The van der Waals surface area contributed by atoms with Gasteiger partial charge in [-0.3, -0.25) is 0 Å². The molecule has 0 radical (unpaired) electrons. The van der Waals surface area contributed by atoms with E-state index in [1.54, 1.807) is 0 Å². The van der Waals surface area contributed by atoms with Gasteiger partial charge >= 0.3 is 0 Å². The van der Waals surface area contributed by atoms with Crippen LogP contribution in [0, 0.1) is 0 Å². The minimum Gasteiger partial charge on any atom is -0.489 e. The summed E-state index contributed by atoms with van der Waals surface area (Å²) < 4.78 is 5.69. The van der Waals surface area contributed by atoms with Crippen LogP contribution in [0.5, 0.6) is 5.75 Å². The van der Waals surface area contributed by atoms with E-state index in [2.05, 4.69) is 4.99 Å². The van der Waals surface area contributed by atoms with Crippen LogP contribution in [0.15, 0.2) is 59.6 Å². The van der Waals surface area contributed by atoms with Crippen LogP contribution in [0.2, 0.25) is 0 Å². The van der Waals surface area contributed by atoms with Crippen molar-refractivity contribution in [1.29, 1.82) is 0 Å². The lowest BCUT2D eigenvalue weighted by Crippen LogP contribution is -2.22. The number of ether oxygens (including phenoxy) is 1. The van der Waals surface area contributed by atoms with Crippen molar-refractivity contribution in [3.8, 4) is 5.75 Å². The van der Waals surface area contributed by atoms with Crippen molar-refractivity contribution < 1.29 is 4.74 Å². The molecule has 0 saturated carbocycles. The third kappa shape index (κ3) is 4.35. The van der Waals surface area contributed by atoms with E-state index in [1.807, 2.05) is 54.6 Å². The van der Waals surface area contributed by atoms with Crippen LogP contribution in [0.25, 0.3) is 0 Å². The van der Waals surface area contributed by atoms with Crippen molar-refractivity contribution in [2.45, 2.75) is 13.2 Å². The van der Waals surface area contributed by atoms with Gasteiger partial charge < -0.3 is 16.2 Å². The molecule has 0 atom stereocenters. The van der Waals surface area contributed by atoms with Crippen molar-refractivity contribution in [3.05, 3.63) is 65.7 Å². The Balaban J connectivity index is 1.97. The van der Waals surface area contributed by atoms with E-state index < -0.39 is 0 Å². The minimum atomic E-state index is 0.103. The van der Waals surface area contributed by atoms with Gasteiger partial charge in [-0.15, -0.1) is 0 Å². The summed E-state index contributed by atoms with van der Waals surface area (Å²) in [6, 6.07) is 17.7. The van der Waals surface area contributed by atoms with Crippen LogP contribution in [0.1, 0.15) is 11.1 Å². The molecule has 0 spiro atoms. The highest BCUT2D eigenvalue weighted by atomic mass is 16.5. The summed E-state index contributed by atoms with van der Waals surface area (Å²) >= 11 is 0. The molecule has 98 valence electrons. The van der Waals surface area contributed by atoms with Crippen LogP contribution < -0.4 is 16.2 Å². The SMILES string of the molecule is NC(N)=NCc1cccc(COc2ccccc2)c1. The van der Waals surface area contributed by atoms with Crippen LogP contribution >= 0.6 is 0 Å². The van der Waals surface area contributed by atoms with Gasteiger partial charge in [0, 0.05) is 0 Å². The Bertz CT molecular complexity index is 548. The average molecular weight is 255 g/mol. The maximum atomic E-state index is 5.69. The molecule has 0 saturated heterocycles. The van der Waals surface area contributed by atoms with Crippen molar-refractivity contribution in [1.82, 2.24) is 0 Å². The van der Waals surface area contributed by atoms with E-state index in [9.17, 15) is 0 Å². The number of hydrogen-bond acceptors (Lipinski definition) is 2. The summed E-state index contributed by atoms with van der Waals surface area (Å²) in [5, 5.41) is 0. The molecule has 0 amide bonds. The summed E-state index contributed by atoms with van der Waals surface area (Å²) in [6.07, 6.45) is 0. The quantitative estimate of drug-likeness (QED) is 0.634. The molecule has 2 aromatic carbocycles. The Morgan fingerprint density at radius 1 is 0.947 bits per heavy atom. The van der Waals surface area contributed by atoms with E-state index in [0.29, 0.717) is 13.2 Å². The molecular formula is C15H17N3O. The zero-order valence-electron chi connectivity index (χ0n) is 10.6. The third-order valence-electron chi connectivity index (χ3n) is 2.58. The monoisotopic (exact) mass is 255 g/mol. The van der Waals surface area contributed by atoms with Crippen LogP contribution in [0.3, 0.4) is 0 Å². The van der Waals surface area contributed by atoms with E-state index in [4.69, 9.17) is 16.2 Å². The fourth-order valence-electron chi connectivity index (χ4n) is 1.68. The lowest BCUT2D eigenvalue weighted by Gasteiger charge is -2.07. The second-order valence-corrected chi connectivity index (χ2v) is 4.16. The van der Waals surface area contributed by atoms with Crippen molar-refractivity contribution in [3.63, 3.8) is 0 Å². The number of benzene rings is 2. The van der Waals surface area contributed by atoms with Gasteiger partial charge in [-0.1, -0.05) is 42.5 Å². The molecule has 0 aliphatic rings. The van der Waals surface area contributed by atoms with E-state index in [1.165, 1.54) is 0 Å². The molecular weight excluding hydrogens is 238 g/mol. The zero-order valence-corrected chi connectivity index (χ0v) is 10.6. The van der Waals surface area contributed by atoms with Gasteiger partial charge in [0.25, 0.3) is 0 Å². The topological polar surface area (TPSA) is 73.6 Å². The molecule has 0 aliphatic carbocycles. The van der Waals surface area contributed by atoms with Crippen LogP contribution in [-0.2, 0) is 13.2 Å². The second-order valence-electron chi connectivity index (χ2n) is 4.16. The van der Waals surface area contributed by atoms with Crippen LogP contribution in [0.4, 0.5) is 0 Å². The highest BCUT2D eigenvalue weighted by molar-refractivity contribution is 5.75. The Hall–Kier alpha value is -2.49. The Labute approximate surface area is 112 Å². The fraction of sp³-hybridized carbons (Fsp3) is 0.133. The van der Waals surface area contributed by atoms with E-state index in [0.717, 1.165) is 16.9 Å². The Morgan fingerprint density at radius 3 is 2.42 bits per heavy atom. The average Bonchev–Trinajstić information content (AvgIpc) is 2.44. The molecule has 2 rings (SSSR count). The maximum absolute atomic E-state index is 5.69. The second kappa shape index (κ2) is 6.44. The number of nitrogens with two attached hydrogens (primary N) is 2. The maximum Gasteiger partial charge on any atom is 0.186 e. The summed E-state index contributed by atoms with van der Waals surface area (Å²) in [5.74, 6) is 0.961. The van der Waals surface area contributed by atoms with Gasteiger partial charge in [-0.25, -0.2) is 4.99 Å². The molecule has 0 aliphatic heterocycles. The number of hydrogen-bond donors (Lipinski definition) is 2. The molecule has 0 unspecified atom stereocenters. The lowest BCUT2D eigenvalue weighted by molar-refractivity contribution is 0.306. The van der Waals surface area contributed by atoms with Gasteiger partial charge in [-0.05, 0) is 23.3 Å². The molecule has 19 heavy (non-hydrogen) atoms. The first kappa shape index (κ1) is 13.0. The Morgan fingerprint density at radius 2 is 1.68 bits per heavy atom. The first-order chi connectivity index (χ1) is 9.24. The molecule has 2 aromatic rings. The smallest absolute Gasteiger partial charge is 0.186 e. The molecule has 0 heterocycles. The Kier molecular flexibility index (Phi) is 4.39. The molecule has 0 aromatic heterocycles. The number of nitrogens with zero attached hydrogens (tertiary/aromatic N) is 1. The lowest BCUT2D eigenvalue weighted by atomic mass is 10.1. The fourth-order valence-corrected chi connectivity index (χ4v) is 1.68. The van der Waals surface area contributed by atoms with Gasteiger partial charge in [0.05, 0.1) is 6.54 Å². The van der Waals surface area contributed by atoms with E-state index in [-0.39, 0.29) is 5.96 Å². The minimum absolute atomic E-state index is 0.103. The number of para-hydroxylation sites is 1. The van der Waals surface area contributed by atoms with Gasteiger partial charge in [0.15, 0.2) is 5.96 Å². The first-order valence-electron chi connectivity index (χ1n) is 6.05. The molecule has 4 nitrogen and oxygen atoms in total. The standard InChI is InChI=1S/C15H17N3O/c16-15(17)18-10-12-5-4-6-13(9-12)11-19-14-7-2-1-3-8-14/h1-9H,10-11H2,(H4,16,17,18). The first-order valence-corrected chi connectivity index (χ1v) is 6.05. The predicted octanol–water partition coefficient (Wildman–Crippen LogP) is 2.04. The normalized spacial score (nSPS) is 9.89. The summed E-state index contributed by atoms with van der Waals surface area (Å²) in [7, 11) is 0. The largest absolute Gasteiger partial charge is 0.489 e. The summed E-state index contributed by atoms with van der Waals surface area (Å²) in [6.45, 7) is 1.02.